The second kappa shape index (κ2) is 6.80. The van der Waals surface area contributed by atoms with Gasteiger partial charge in [-0.25, -0.2) is 9.78 Å². The Bertz CT molecular complexity index is 1000. The fourth-order valence-electron chi connectivity index (χ4n) is 3.31. The quantitative estimate of drug-likeness (QED) is 0.743. The monoisotopic (exact) mass is 355 g/mol. The van der Waals surface area contributed by atoms with E-state index < -0.39 is 0 Å². The van der Waals surface area contributed by atoms with Crippen molar-refractivity contribution in [3.05, 3.63) is 40.4 Å². The van der Waals surface area contributed by atoms with Crippen LogP contribution in [0.25, 0.3) is 22.1 Å². The first-order chi connectivity index (χ1) is 12.7. The van der Waals surface area contributed by atoms with E-state index in [4.69, 9.17) is 4.42 Å². The zero-order chi connectivity index (χ0) is 18.1. The minimum Gasteiger partial charge on any atom is -0.449 e. The summed E-state index contributed by atoms with van der Waals surface area (Å²) in [5.41, 5.74) is 1.26. The number of hydrogen-bond donors (Lipinski definition) is 2. The molecule has 3 heterocycles. The minimum atomic E-state index is -0.262. The first-order valence-electron chi connectivity index (χ1n) is 8.81. The molecule has 0 saturated carbocycles. The van der Waals surface area contributed by atoms with Gasteiger partial charge in [-0.1, -0.05) is 12.1 Å². The first-order valence-corrected chi connectivity index (χ1v) is 8.81. The molecule has 1 aliphatic rings. The summed E-state index contributed by atoms with van der Waals surface area (Å²) in [6, 6.07) is 7.48. The number of benzene rings is 1. The third-order valence-electron chi connectivity index (χ3n) is 4.64. The molecule has 26 heavy (non-hydrogen) atoms. The van der Waals surface area contributed by atoms with E-state index >= 15 is 0 Å². The van der Waals surface area contributed by atoms with Crippen LogP contribution in [0.3, 0.4) is 0 Å². The number of aromatic amines is 1. The van der Waals surface area contributed by atoms with Crippen molar-refractivity contribution >= 4 is 28.1 Å². The van der Waals surface area contributed by atoms with E-state index in [9.17, 15) is 9.59 Å². The van der Waals surface area contributed by atoms with Crippen LogP contribution in [0.15, 0.2) is 33.5 Å². The molecule has 3 aromatic rings. The summed E-state index contributed by atoms with van der Waals surface area (Å²) in [6.45, 7) is 5.87. The number of fused-ring (bicyclic) bond motifs is 3. The fourth-order valence-corrected chi connectivity index (χ4v) is 3.31. The number of nitrogens with zero attached hydrogens (tertiary/aromatic N) is 3. The molecule has 8 nitrogen and oxygen atoms in total. The van der Waals surface area contributed by atoms with E-state index in [1.165, 1.54) is 0 Å². The molecule has 0 bridgehead atoms. The first kappa shape index (κ1) is 16.6. The number of aromatic nitrogens is 2. The molecular weight excluding hydrogens is 334 g/mol. The molecule has 1 fully saturated rings. The van der Waals surface area contributed by atoms with Crippen LogP contribution in [0, 0.1) is 0 Å². The Balaban J connectivity index is 1.52. The molecular formula is C18H21N5O3. The van der Waals surface area contributed by atoms with Gasteiger partial charge < -0.3 is 19.6 Å². The Labute approximate surface area is 149 Å². The average molecular weight is 355 g/mol. The molecule has 1 saturated heterocycles. The number of urea groups is 1. The molecule has 0 atom stereocenters. The van der Waals surface area contributed by atoms with Gasteiger partial charge in [0.25, 0.3) is 5.56 Å². The van der Waals surface area contributed by atoms with Gasteiger partial charge in [-0.3, -0.25) is 9.69 Å². The lowest BCUT2D eigenvalue weighted by Crippen LogP contribution is -2.51. The highest BCUT2D eigenvalue weighted by atomic mass is 16.3. The molecule has 0 radical (unpaired) electrons. The number of piperazine rings is 1. The predicted octanol–water partition coefficient (Wildman–Crippen LogP) is 1.52. The Morgan fingerprint density at radius 3 is 2.81 bits per heavy atom. The van der Waals surface area contributed by atoms with Gasteiger partial charge in [0.2, 0.25) is 5.58 Å². The van der Waals surface area contributed by atoms with E-state index in [-0.39, 0.29) is 17.2 Å². The van der Waals surface area contributed by atoms with E-state index in [2.05, 4.69) is 20.2 Å². The van der Waals surface area contributed by atoms with E-state index in [0.29, 0.717) is 43.1 Å². The summed E-state index contributed by atoms with van der Waals surface area (Å²) in [5.74, 6) is 0.612. The van der Waals surface area contributed by atoms with Crippen LogP contribution in [0.1, 0.15) is 12.7 Å². The number of amides is 2. The van der Waals surface area contributed by atoms with Crippen molar-refractivity contribution in [1.29, 1.82) is 0 Å². The highest BCUT2D eigenvalue weighted by Gasteiger charge is 2.22. The molecule has 0 unspecified atom stereocenters. The maximum absolute atomic E-state index is 12.4. The summed E-state index contributed by atoms with van der Waals surface area (Å²) in [7, 11) is 0. The number of hydrogen-bond acceptors (Lipinski definition) is 5. The van der Waals surface area contributed by atoms with Crippen LogP contribution < -0.4 is 10.9 Å². The largest absolute Gasteiger partial charge is 0.449 e. The predicted molar refractivity (Wildman–Crippen MR) is 98.1 cm³/mol. The van der Waals surface area contributed by atoms with Crippen LogP contribution in [-0.2, 0) is 6.54 Å². The van der Waals surface area contributed by atoms with Crippen LogP contribution in [0.2, 0.25) is 0 Å². The van der Waals surface area contributed by atoms with Crippen LogP contribution in [-0.4, -0.2) is 58.5 Å². The number of carbonyl (C=O) groups is 1. The van der Waals surface area contributed by atoms with Gasteiger partial charge in [-0.15, -0.1) is 0 Å². The molecule has 0 spiro atoms. The zero-order valence-corrected chi connectivity index (χ0v) is 14.6. The second-order valence-electron chi connectivity index (χ2n) is 6.39. The van der Waals surface area contributed by atoms with Crippen molar-refractivity contribution in [3.8, 4) is 0 Å². The maximum atomic E-state index is 12.4. The van der Waals surface area contributed by atoms with Crippen molar-refractivity contribution in [2.75, 3.05) is 32.7 Å². The number of furan rings is 1. The van der Waals surface area contributed by atoms with E-state index in [1.807, 2.05) is 36.1 Å². The van der Waals surface area contributed by atoms with Crippen molar-refractivity contribution in [2.24, 2.45) is 0 Å². The van der Waals surface area contributed by atoms with Gasteiger partial charge >= 0.3 is 6.03 Å². The van der Waals surface area contributed by atoms with E-state index in [1.54, 1.807) is 0 Å². The number of rotatable bonds is 3. The topological polar surface area (TPSA) is 94.5 Å². The van der Waals surface area contributed by atoms with E-state index in [0.717, 1.165) is 18.5 Å². The summed E-state index contributed by atoms with van der Waals surface area (Å²) in [5, 5.41) is 3.66. The number of H-pyrrole nitrogens is 1. The normalized spacial score (nSPS) is 15.7. The lowest BCUT2D eigenvalue weighted by Gasteiger charge is -2.34. The Morgan fingerprint density at radius 1 is 1.27 bits per heavy atom. The molecule has 1 aliphatic heterocycles. The van der Waals surface area contributed by atoms with Gasteiger partial charge in [0.15, 0.2) is 0 Å². The van der Waals surface area contributed by atoms with Crippen LogP contribution in [0.4, 0.5) is 4.79 Å². The highest BCUT2D eigenvalue weighted by Crippen LogP contribution is 2.24. The third-order valence-corrected chi connectivity index (χ3v) is 4.64. The Hall–Kier alpha value is -2.87. The molecule has 0 aliphatic carbocycles. The lowest BCUT2D eigenvalue weighted by molar-refractivity contribution is 0.134. The van der Waals surface area contributed by atoms with Gasteiger partial charge in [0, 0.05) is 38.1 Å². The SMILES string of the molecule is CCNC(=O)N1CCN(Cc2nc3c(oc4ccccc43)c(=O)[nH]2)CC1. The highest BCUT2D eigenvalue weighted by molar-refractivity contribution is 6.01. The lowest BCUT2D eigenvalue weighted by atomic mass is 10.2. The minimum absolute atomic E-state index is 0.0232. The van der Waals surface area contributed by atoms with Crippen molar-refractivity contribution in [2.45, 2.75) is 13.5 Å². The molecule has 2 aromatic heterocycles. The van der Waals surface area contributed by atoms with Crippen LogP contribution >= 0.6 is 0 Å². The fraction of sp³-hybridized carbons (Fsp3) is 0.389. The standard InChI is InChI=1S/C18H21N5O3/c1-2-19-18(25)23-9-7-22(8-10-23)11-14-20-15-12-5-3-4-6-13(12)26-16(15)17(24)21-14/h3-6H,2,7-11H2,1H3,(H,19,25)(H,20,21,24). The molecule has 2 N–H and O–H groups in total. The summed E-state index contributed by atoms with van der Waals surface area (Å²) in [6.07, 6.45) is 0. The zero-order valence-electron chi connectivity index (χ0n) is 14.6. The molecule has 4 rings (SSSR count). The smallest absolute Gasteiger partial charge is 0.317 e. The number of para-hydroxylation sites is 1. The summed E-state index contributed by atoms with van der Waals surface area (Å²) < 4.78 is 5.62. The third kappa shape index (κ3) is 3.03. The van der Waals surface area contributed by atoms with Crippen molar-refractivity contribution < 1.29 is 9.21 Å². The summed E-state index contributed by atoms with van der Waals surface area (Å²) >= 11 is 0. The van der Waals surface area contributed by atoms with Crippen LogP contribution in [0.5, 0.6) is 0 Å². The van der Waals surface area contributed by atoms with Crippen molar-refractivity contribution in [1.82, 2.24) is 25.1 Å². The average Bonchev–Trinajstić information content (AvgIpc) is 3.02. The molecule has 2 amide bonds. The molecule has 8 heteroatoms. The number of carbonyl (C=O) groups excluding carboxylic acids is 1. The van der Waals surface area contributed by atoms with Gasteiger partial charge in [0.1, 0.15) is 16.9 Å². The van der Waals surface area contributed by atoms with Gasteiger partial charge in [-0.2, -0.15) is 0 Å². The number of nitrogens with one attached hydrogen (secondary N) is 2. The van der Waals surface area contributed by atoms with Crippen molar-refractivity contribution in [3.63, 3.8) is 0 Å². The summed E-state index contributed by atoms with van der Waals surface area (Å²) in [4.78, 5) is 35.7. The maximum Gasteiger partial charge on any atom is 0.317 e. The second-order valence-corrected chi connectivity index (χ2v) is 6.39. The van der Waals surface area contributed by atoms with Gasteiger partial charge in [-0.05, 0) is 19.1 Å². The Kier molecular flexibility index (Phi) is 4.34. The Morgan fingerprint density at radius 2 is 2.04 bits per heavy atom. The molecule has 1 aromatic carbocycles. The molecule has 136 valence electrons. The van der Waals surface area contributed by atoms with Gasteiger partial charge in [0.05, 0.1) is 6.54 Å².